The highest BCUT2D eigenvalue weighted by atomic mass is 79.9. The first-order valence-corrected chi connectivity index (χ1v) is 7.75. The van der Waals surface area contributed by atoms with E-state index in [0.29, 0.717) is 17.2 Å². The van der Waals surface area contributed by atoms with Gasteiger partial charge in [0.2, 0.25) is 0 Å². The first kappa shape index (κ1) is 14.1. The third-order valence-electron chi connectivity index (χ3n) is 3.61. The average molecular weight is 321 g/mol. The second-order valence-electron chi connectivity index (χ2n) is 4.81. The molecule has 0 aromatic heterocycles. The Morgan fingerprint density at radius 2 is 1.95 bits per heavy atom. The number of hydrogen-bond donors (Lipinski definition) is 0. The highest BCUT2D eigenvalue weighted by Crippen LogP contribution is 2.25. The Bertz CT molecular complexity index is 472. The Balaban J connectivity index is 2.15. The first-order valence-electron chi connectivity index (χ1n) is 6.63. The Morgan fingerprint density at radius 1 is 1.32 bits per heavy atom. The first-order chi connectivity index (χ1) is 9.26. The number of rotatable bonds is 4. The molecule has 1 aliphatic rings. The van der Waals surface area contributed by atoms with Crippen molar-refractivity contribution in [3.8, 4) is 6.07 Å². The fourth-order valence-corrected chi connectivity index (χ4v) is 2.99. The molecule has 0 N–H and O–H groups in total. The average Bonchev–Trinajstić information content (AvgIpc) is 2.98. The van der Waals surface area contributed by atoms with Gasteiger partial charge in [-0.1, -0.05) is 28.8 Å². The van der Waals surface area contributed by atoms with Crippen LogP contribution in [0.4, 0.5) is 0 Å². The van der Waals surface area contributed by atoms with Crippen LogP contribution in [-0.4, -0.2) is 28.7 Å². The summed E-state index contributed by atoms with van der Waals surface area (Å²) in [7, 11) is 0. The number of nitriles is 1. The molecule has 4 heteroatoms. The van der Waals surface area contributed by atoms with Crippen molar-refractivity contribution < 1.29 is 4.79 Å². The summed E-state index contributed by atoms with van der Waals surface area (Å²) in [6.45, 7) is 0.740. The van der Waals surface area contributed by atoms with Crippen LogP contribution >= 0.6 is 15.9 Å². The van der Waals surface area contributed by atoms with Crippen LogP contribution in [0.3, 0.4) is 0 Å². The summed E-state index contributed by atoms with van der Waals surface area (Å²) in [4.78, 5) is 14.5. The van der Waals surface area contributed by atoms with Gasteiger partial charge in [0.15, 0.2) is 0 Å². The highest BCUT2D eigenvalue weighted by Gasteiger charge is 2.26. The van der Waals surface area contributed by atoms with Gasteiger partial charge in [0.05, 0.1) is 11.6 Å². The molecule has 0 radical (unpaired) electrons. The molecule has 0 heterocycles. The van der Waals surface area contributed by atoms with Crippen LogP contribution in [0.25, 0.3) is 0 Å². The lowest BCUT2D eigenvalue weighted by Gasteiger charge is -2.28. The molecule has 2 rings (SSSR count). The number of nitrogens with zero attached hydrogens (tertiary/aromatic N) is 2. The number of halogens is 1. The molecule has 0 saturated heterocycles. The summed E-state index contributed by atoms with van der Waals surface area (Å²) in [6.07, 6.45) is 4.64. The van der Waals surface area contributed by atoms with Crippen molar-refractivity contribution in [1.29, 1.82) is 5.26 Å². The Morgan fingerprint density at radius 3 is 2.47 bits per heavy atom. The van der Waals surface area contributed by atoms with Gasteiger partial charge < -0.3 is 4.90 Å². The maximum absolute atomic E-state index is 12.5. The molecule has 0 spiro atoms. The number of amides is 1. The maximum Gasteiger partial charge on any atom is 0.254 e. The molecular formula is C15H17BrN2O. The van der Waals surface area contributed by atoms with Gasteiger partial charge >= 0.3 is 0 Å². The molecule has 1 amide bonds. The van der Waals surface area contributed by atoms with Gasteiger partial charge in [-0.2, -0.15) is 5.26 Å². The second kappa shape index (κ2) is 6.72. The molecule has 1 saturated carbocycles. The molecular weight excluding hydrogens is 304 g/mol. The molecule has 3 nitrogen and oxygen atoms in total. The van der Waals surface area contributed by atoms with E-state index in [4.69, 9.17) is 5.26 Å². The Labute approximate surface area is 122 Å². The van der Waals surface area contributed by atoms with Gasteiger partial charge in [-0.05, 0) is 37.1 Å². The summed E-state index contributed by atoms with van der Waals surface area (Å²) in [6, 6.07) is 9.35. The quantitative estimate of drug-likeness (QED) is 0.798. The smallest absolute Gasteiger partial charge is 0.254 e. The normalized spacial score (nSPS) is 15.2. The molecule has 1 aromatic rings. The molecule has 1 aliphatic carbocycles. The van der Waals surface area contributed by atoms with E-state index < -0.39 is 0 Å². The van der Waals surface area contributed by atoms with E-state index in [1.165, 1.54) is 12.8 Å². The number of benzene rings is 1. The van der Waals surface area contributed by atoms with Gasteiger partial charge in [0, 0.05) is 23.5 Å². The highest BCUT2D eigenvalue weighted by molar-refractivity contribution is 9.09. The summed E-state index contributed by atoms with van der Waals surface area (Å²) in [5.74, 6) is 0.0795. The topological polar surface area (TPSA) is 44.1 Å². The van der Waals surface area contributed by atoms with Gasteiger partial charge in [0.1, 0.15) is 0 Å². The van der Waals surface area contributed by atoms with Gasteiger partial charge in [-0.15, -0.1) is 0 Å². The third-order valence-corrected chi connectivity index (χ3v) is 3.97. The molecule has 0 aliphatic heterocycles. The van der Waals surface area contributed by atoms with E-state index in [9.17, 15) is 4.79 Å². The SMILES string of the molecule is N#Cc1ccc(C(=O)N(CCBr)C2CCCC2)cc1. The molecule has 0 atom stereocenters. The monoisotopic (exact) mass is 320 g/mol. The van der Waals surface area contributed by atoms with Crippen LogP contribution in [0, 0.1) is 11.3 Å². The van der Waals surface area contributed by atoms with Gasteiger partial charge in [-0.3, -0.25) is 4.79 Å². The zero-order valence-corrected chi connectivity index (χ0v) is 12.4. The minimum atomic E-state index is 0.0795. The zero-order chi connectivity index (χ0) is 13.7. The molecule has 1 fully saturated rings. The summed E-state index contributed by atoms with van der Waals surface area (Å²) in [5.41, 5.74) is 1.26. The molecule has 1 aromatic carbocycles. The third kappa shape index (κ3) is 3.36. The van der Waals surface area contributed by atoms with E-state index in [1.54, 1.807) is 24.3 Å². The van der Waals surface area contributed by atoms with E-state index in [2.05, 4.69) is 22.0 Å². The predicted octanol–water partition coefficient (Wildman–Crippen LogP) is 3.34. The Hall–Kier alpha value is -1.34. The van der Waals surface area contributed by atoms with Gasteiger partial charge in [-0.25, -0.2) is 0 Å². The molecule has 100 valence electrons. The van der Waals surface area contributed by atoms with E-state index in [-0.39, 0.29) is 5.91 Å². The second-order valence-corrected chi connectivity index (χ2v) is 5.61. The van der Waals surface area contributed by atoms with Gasteiger partial charge in [0.25, 0.3) is 5.91 Å². The lowest BCUT2D eigenvalue weighted by atomic mass is 10.1. The molecule has 19 heavy (non-hydrogen) atoms. The van der Waals surface area contributed by atoms with Crippen molar-refractivity contribution in [1.82, 2.24) is 4.90 Å². The van der Waals surface area contributed by atoms with Crippen molar-refractivity contribution in [2.24, 2.45) is 0 Å². The van der Waals surface area contributed by atoms with E-state index in [0.717, 1.165) is 24.7 Å². The molecule has 0 bridgehead atoms. The number of alkyl halides is 1. The fraction of sp³-hybridized carbons (Fsp3) is 0.467. The summed E-state index contributed by atoms with van der Waals surface area (Å²) < 4.78 is 0. The van der Waals surface area contributed by atoms with Crippen LogP contribution in [-0.2, 0) is 0 Å². The lowest BCUT2D eigenvalue weighted by Crippen LogP contribution is -2.40. The largest absolute Gasteiger partial charge is 0.335 e. The molecule has 0 unspecified atom stereocenters. The van der Waals surface area contributed by atoms with Crippen LogP contribution in [0.15, 0.2) is 24.3 Å². The van der Waals surface area contributed by atoms with Crippen LogP contribution in [0.5, 0.6) is 0 Å². The summed E-state index contributed by atoms with van der Waals surface area (Å²) >= 11 is 3.42. The minimum Gasteiger partial charge on any atom is -0.335 e. The fourth-order valence-electron chi connectivity index (χ4n) is 2.61. The number of carbonyl (C=O) groups excluding carboxylic acids is 1. The van der Waals surface area contributed by atoms with Crippen molar-refractivity contribution in [3.05, 3.63) is 35.4 Å². The number of carbonyl (C=O) groups is 1. The predicted molar refractivity (Wildman–Crippen MR) is 78.2 cm³/mol. The van der Waals surface area contributed by atoms with Crippen molar-refractivity contribution in [2.45, 2.75) is 31.7 Å². The lowest BCUT2D eigenvalue weighted by molar-refractivity contribution is 0.0696. The van der Waals surface area contributed by atoms with E-state index in [1.807, 2.05) is 4.90 Å². The minimum absolute atomic E-state index is 0.0795. The standard InChI is InChI=1S/C15H17BrN2O/c16-9-10-18(14-3-1-2-4-14)15(19)13-7-5-12(11-17)6-8-13/h5-8,14H,1-4,9-10H2. The summed E-state index contributed by atoms with van der Waals surface area (Å²) in [5, 5.41) is 9.58. The van der Waals surface area contributed by atoms with E-state index >= 15 is 0 Å². The van der Waals surface area contributed by atoms with Crippen LogP contribution < -0.4 is 0 Å². The zero-order valence-electron chi connectivity index (χ0n) is 10.8. The maximum atomic E-state index is 12.5. The van der Waals surface area contributed by atoms with Crippen molar-refractivity contribution in [2.75, 3.05) is 11.9 Å². The van der Waals surface area contributed by atoms with Crippen LogP contribution in [0.1, 0.15) is 41.6 Å². The Kier molecular flexibility index (Phi) is 4.98. The van der Waals surface area contributed by atoms with Crippen molar-refractivity contribution >= 4 is 21.8 Å². The van der Waals surface area contributed by atoms with Crippen molar-refractivity contribution in [3.63, 3.8) is 0 Å². The van der Waals surface area contributed by atoms with Crippen LogP contribution in [0.2, 0.25) is 0 Å². The number of hydrogen-bond acceptors (Lipinski definition) is 2.